The van der Waals surface area contributed by atoms with Crippen molar-refractivity contribution in [2.45, 2.75) is 45.4 Å². The van der Waals surface area contributed by atoms with Crippen LogP contribution in [0, 0.1) is 0 Å². The SMILES string of the molecule is CCCCCCCCS/C=C/c1ccccc1. The number of rotatable bonds is 9. The number of hydrogen-bond acceptors (Lipinski definition) is 1. The fourth-order valence-corrected chi connectivity index (χ4v) is 2.48. The highest BCUT2D eigenvalue weighted by molar-refractivity contribution is 8.02. The molecule has 1 heteroatoms. The van der Waals surface area contributed by atoms with Crippen LogP contribution in [0.4, 0.5) is 0 Å². The van der Waals surface area contributed by atoms with Crippen LogP contribution in [-0.2, 0) is 0 Å². The van der Waals surface area contributed by atoms with Gasteiger partial charge in [-0.15, -0.1) is 11.8 Å². The molecule has 0 aromatic heterocycles. The minimum atomic E-state index is 1.26. The molecule has 1 rings (SSSR count). The predicted molar refractivity (Wildman–Crippen MR) is 81.3 cm³/mol. The monoisotopic (exact) mass is 248 g/mol. The first-order chi connectivity index (χ1) is 8.43. The zero-order valence-corrected chi connectivity index (χ0v) is 11.7. The van der Waals surface area contributed by atoms with Crippen LogP contribution in [0.5, 0.6) is 0 Å². The summed E-state index contributed by atoms with van der Waals surface area (Å²) in [6.45, 7) is 2.27. The summed E-state index contributed by atoms with van der Waals surface area (Å²) in [6.07, 6.45) is 10.5. The Kier molecular flexibility index (Phi) is 8.85. The third-order valence-electron chi connectivity index (χ3n) is 2.77. The molecule has 0 aliphatic rings. The molecule has 0 fully saturated rings. The van der Waals surface area contributed by atoms with Gasteiger partial charge in [-0.05, 0) is 29.2 Å². The number of thioether (sulfide) groups is 1. The minimum absolute atomic E-state index is 1.26. The average Bonchev–Trinajstić information content (AvgIpc) is 2.38. The van der Waals surface area contributed by atoms with E-state index in [1.807, 2.05) is 11.8 Å². The van der Waals surface area contributed by atoms with Gasteiger partial charge in [0.1, 0.15) is 0 Å². The Morgan fingerprint density at radius 2 is 1.65 bits per heavy atom. The van der Waals surface area contributed by atoms with Gasteiger partial charge in [0.2, 0.25) is 0 Å². The van der Waals surface area contributed by atoms with Crippen molar-refractivity contribution >= 4 is 17.8 Å². The largest absolute Gasteiger partial charge is 0.134 e. The van der Waals surface area contributed by atoms with E-state index in [2.05, 4.69) is 48.7 Å². The molecular weight excluding hydrogens is 224 g/mol. The van der Waals surface area contributed by atoms with Gasteiger partial charge >= 0.3 is 0 Å². The Balaban J connectivity index is 1.95. The van der Waals surface area contributed by atoms with E-state index in [0.717, 1.165) is 0 Å². The first-order valence-corrected chi connectivity index (χ1v) is 7.81. The molecule has 1 aromatic rings. The molecule has 0 heterocycles. The standard InChI is InChI=1S/C16H24S/c1-2-3-4-5-6-10-14-17-15-13-16-11-8-7-9-12-16/h7-9,11-13,15H,2-6,10,14H2,1H3/b15-13+. The van der Waals surface area contributed by atoms with Crippen molar-refractivity contribution in [1.29, 1.82) is 0 Å². The van der Waals surface area contributed by atoms with Crippen molar-refractivity contribution in [1.82, 2.24) is 0 Å². The van der Waals surface area contributed by atoms with Crippen molar-refractivity contribution in [3.63, 3.8) is 0 Å². The molecular formula is C16H24S. The Bertz CT molecular complexity index is 290. The third-order valence-corrected chi connectivity index (χ3v) is 3.62. The van der Waals surface area contributed by atoms with E-state index in [0.29, 0.717) is 0 Å². The quantitative estimate of drug-likeness (QED) is 0.501. The van der Waals surface area contributed by atoms with Crippen LogP contribution in [0.15, 0.2) is 35.7 Å². The Morgan fingerprint density at radius 1 is 0.941 bits per heavy atom. The van der Waals surface area contributed by atoms with Crippen LogP contribution >= 0.6 is 11.8 Å². The fraction of sp³-hybridized carbons (Fsp3) is 0.500. The van der Waals surface area contributed by atoms with E-state index in [1.54, 1.807) is 0 Å². The van der Waals surface area contributed by atoms with Gasteiger partial charge in [0.05, 0.1) is 0 Å². The Labute approximate surface area is 111 Å². The summed E-state index contributed by atoms with van der Waals surface area (Å²) in [4.78, 5) is 0. The second kappa shape index (κ2) is 10.5. The maximum absolute atomic E-state index is 2.27. The lowest BCUT2D eigenvalue weighted by atomic mass is 10.1. The summed E-state index contributed by atoms with van der Waals surface area (Å²) in [5.74, 6) is 1.26. The van der Waals surface area contributed by atoms with Crippen LogP contribution in [-0.4, -0.2) is 5.75 Å². The lowest BCUT2D eigenvalue weighted by Crippen LogP contribution is -1.80. The molecule has 1 aromatic carbocycles. The first-order valence-electron chi connectivity index (χ1n) is 6.76. The molecule has 94 valence electrons. The van der Waals surface area contributed by atoms with Crippen LogP contribution < -0.4 is 0 Å². The van der Waals surface area contributed by atoms with Crippen LogP contribution in [0.25, 0.3) is 6.08 Å². The number of hydrogen-bond donors (Lipinski definition) is 0. The average molecular weight is 248 g/mol. The highest BCUT2D eigenvalue weighted by Crippen LogP contribution is 2.12. The van der Waals surface area contributed by atoms with Crippen LogP contribution in [0.1, 0.15) is 51.0 Å². The fourth-order valence-electron chi connectivity index (χ4n) is 1.72. The van der Waals surface area contributed by atoms with Crippen molar-refractivity contribution < 1.29 is 0 Å². The Hall–Kier alpha value is -0.690. The molecule has 0 aliphatic carbocycles. The van der Waals surface area contributed by atoms with Crippen molar-refractivity contribution in [2.24, 2.45) is 0 Å². The zero-order valence-electron chi connectivity index (χ0n) is 10.9. The first kappa shape index (κ1) is 14.4. The zero-order chi connectivity index (χ0) is 12.2. The van der Waals surface area contributed by atoms with Gasteiger partial charge in [-0.2, -0.15) is 0 Å². The summed E-state index contributed by atoms with van der Waals surface area (Å²) in [5, 5.41) is 2.22. The van der Waals surface area contributed by atoms with E-state index in [1.165, 1.54) is 49.8 Å². The van der Waals surface area contributed by atoms with Crippen molar-refractivity contribution in [2.75, 3.05) is 5.75 Å². The summed E-state index contributed by atoms with van der Waals surface area (Å²) < 4.78 is 0. The molecule has 0 N–H and O–H groups in total. The molecule has 0 radical (unpaired) electrons. The molecule has 0 bridgehead atoms. The number of unbranched alkanes of at least 4 members (excludes halogenated alkanes) is 5. The molecule has 0 nitrogen and oxygen atoms in total. The molecule has 0 saturated heterocycles. The van der Waals surface area contributed by atoms with Gasteiger partial charge in [-0.3, -0.25) is 0 Å². The Morgan fingerprint density at radius 3 is 2.41 bits per heavy atom. The summed E-state index contributed by atoms with van der Waals surface area (Å²) in [5.41, 5.74) is 1.29. The molecule has 0 amide bonds. The van der Waals surface area contributed by atoms with E-state index in [4.69, 9.17) is 0 Å². The predicted octanol–water partition coefficient (Wildman–Crippen LogP) is 5.75. The summed E-state index contributed by atoms with van der Waals surface area (Å²) in [7, 11) is 0. The smallest absolute Gasteiger partial charge is 0.00260 e. The van der Waals surface area contributed by atoms with E-state index >= 15 is 0 Å². The third kappa shape index (κ3) is 8.09. The molecule has 0 saturated carbocycles. The van der Waals surface area contributed by atoms with E-state index in [-0.39, 0.29) is 0 Å². The number of benzene rings is 1. The lowest BCUT2D eigenvalue weighted by Gasteiger charge is -1.98. The summed E-state index contributed by atoms with van der Waals surface area (Å²) >= 11 is 1.93. The maximum atomic E-state index is 2.27. The van der Waals surface area contributed by atoms with Gasteiger partial charge in [0.15, 0.2) is 0 Å². The molecule has 0 aliphatic heterocycles. The van der Waals surface area contributed by atoms with Crippen molar-refractivity contribution in [3.05, 3.63) is 41.3 Å². The highest BCUT2D eigenvalue weighted by atomic mass is 32.2. The van der Waals surface area contributed by atoms with Gasteiger partial charge in [0.25, 0.3) is 0 Å². The molecule has 0 atom stereocenters. The topological polar surface area (TPSA) is 0 Å². The molecule has 17 heavy (non-hydrogen) atoms. The summed E-state index contributed by atoms with van der Waals surface area (Å²) in [6, 6.07) is 10.5. The molecule has 0 unspecified atom stereocenters. The second-order valence-corrected chi connectivity index (χ2v) is 5.37. The lowest BCUT2D eigenvalue weighted by molar-refractivity contribution is 0.627. The molecule has 0 spiro atoms. The van der Waals surface area contributed by atoms with Crippen LogP contribution in [0.2, 0.25) is 0 Å². The van der Waals surface area contributed by atoms with Gasteiger partial charge in [-0.25, -0.2) is 0 Å². The van der Waals surface area contributed by atoms with Gasteiger partial charge in [0, 0.05) is 0 Å². The van der Waals surface area contributed by atoms with Gasteiger partial charge < -0.3 is 0 Å². The normalized spacial score (nSPS) is 11.1. The second-order valence-electron chi connectivity index (χ2n) is 4.35. The van der Waals surface area contributed by atoms with E-state index in [9.17, 15) is 0 Å². The van der Waals surface area contributed by atoms with Crippen molar-refractivity contribution in [3.8, 4) is 0 Å². The minimum Gasteiger partial charge on any atom is -0.134 e. The van der Waals surface area contributed by atoms with Gasteiger partial charge in [-0.1, -0.05) is 69.4 Å². The highest BCUT2D eigenvalue weighted by Gasteiger charge is 1.89. The maximum Gasteiger partial charge on any atom is -0.00260 e. The van der Waals surface area contributed by atoms with Crippen LogP contribution in [0.3, 0.4) is 0 Å². The van der Waals surface area contributed by atoms with E-state index < -0.39 is 0 Å².